The molecule has 2 aromatic heterocycles. The molecule has 1 saturated heterocycles. The highest BCUT2D eigenvalue weighted by Gasteiger charge is 2.58. The number of likely N-dealkylation sites (tertiary alicyclic amines) is 1. The van der Waals surface area contributed by atoms with Crippen LogP contribution in [0.4, 0.5) is 9.59 Å². The zero-order valence-electron chi connectivity index (χ0n) is 33.9. The highest BCUT2D eigenvalue weighted by Crippen LogP contribution is 2.54. The molecule has 6 aromatic rings. The van der Waals surface area contributed by atoms with E-state index in [2.05, 4.69) is 49.6 Å². The topological polar surface area (TPSA) is 175 Å². The number of aromatic amines is 2. The van der Waals surface area contributed by atoms with Crippen LogP contribution in [0.2, 0.25) is 5.15 Å². The number of amides is 4. The van der Waals surface area contributed by atoms with E-state index in [4.69, 9.17) is 26.3 Å². The van der Waals surface area contributed by atoms with Crippen LogP contribution in [0.3, 0.4) is 0 Å². The van der Waals surface area contributed by atoms with Crippen LogP contribution in [0, 0.1) is 5.92 Å². The molecule has 310 valence electrons. The Morgan fingerprint density at radius 2 is 1.65 bits per heavy atom. The average molecular weight is 831 g/mol. The van der Waals surface area contributed by atoms with Crippen LogP contribution in [0.25, 0.3) is 44.2 Å². The van der Waals surface area contributed by atoms with E-state index in [0.717, 1.165) is 57.8 Å². The van der Waals surface area contributed by atoms with Crippen molar-refractivity contribution < 1.29 is 28.7 Å². The molecule has 3 heterocycles. The Morgan fingerprint density at radius 3 is 2.38 bits per heavy atom. The standard InChI is InChI=1S/C45H47ClN8O6/c1-5-21-53(41(56)38(51-44(58)60-4)27-9-7-6-8-10-27)25-35-48-34-20-16-30-22-29(15-19-33(30)39(34)49-35)26-11-13-28(14-12-26)37-40(46)52-42(50-37)45(2)31-17-18-32(23-31)54(45)36(55)24-47-43(57)59-3/h6-16,19-20,22,31-32,38H,5,17-18,21,23-25H2,1-4H3,(H,47,57)(H,48,49)(H,50,52)(H,51,58)/t31-,32+,38+,45-/m0/s1. The Balaban J connectivity index is 1.01. The first kappa shape index (κ1) is 40.4. The number of nitrogens with zero attached hydrogens (tertiary/aromatic N) is 4. The number of ether oxygens (including phenoxy) is 2. The number of fused-ring (bicyclic) bond motifs is 5. The van der Waals surface area contributed by atoms with E-state index in [0.29, 0.717) is 41.0 Å². The van der Waals surface area contributed by atoms with E-state index < -0.39 is 23.8 Å². The summed E-state index contributed by atoms with van der Waals surface area (Å²) in [5, 5.41) is 7.60. The van der Waals surface area contributed by atoms with Crippen molar-refractivity contribution in [2.75, 3.05) is 27.3 Å². The quantitative estimate of drug-likeness (QED) is 0.0965. The third kappa shape index (κ3) is 7.51. The number of rotatable bonds is 12. The normalized spacial score (nSPS) is 18.7. The van der Waals surface area contributed by atoms with Crippen molar-refractivity contribution in [1.29, 1.82) is 0 Å². The van der Waals surface area contributed by atoms with E-state index >= 15 is 0 Å². The Labute approximate surface area is 352 Å². The van der Waals surface area contributed by atoms with Gasteiger partial charge in [-0.25, -0.2) is 19.6 Å². The van der Waals surface area contributed by atoms with Gasteiger partial charge in [0, 0.05) is 23.5 Å². The lowest BCUT2D eigenvalue weighted by Crippen LogP contribution is -2.54. The number of H-pyrrole nitrogens is 2. The van der Waals surface area contributed by atoms with Crippen LogP contribution in [0.5, 0.6) is 0 Å². The fraction of sp³-hybridized carbons (Fsp3) is 0.333. The molecule has 1 aliphatic heterocycles. The summed E-state index contributed by atoms with van der Waals surface area (Å²) in [6.45, 7) is 4.57. The molecule has 4 aromatic carbocycles. The van der Waals surface area contributed by atoms with Crippen molar-refractivity contribution in [1.82, 2.24) is 40.4 Å². The summed E-state index contributed by atoms with van der Waals surface area (Å²) in [7, 11) is 2.54. The molecule has 14 nitrogen and oxygen atoms in total. The SMILES string of the molecule is CCCN(Cc1nc2c(ccc3cc(-c4ccc(-c5nc([C@]6(C)[C@H]7CC[C@H](C7)N6C(=O)CNC(=O)OC)[nH]c5Cl)cc4)ccc32)[nH]1)C(=O)[C@H](NC(=O)OC)c1ccccc1. The Hall–Kier alpha value is -6.41. The number of imidazole rings is 2. The van der Waals surface area contributed by atoms with Gasteiger partial charge in [-0.05, 0) is 72.7 Å². The maximum absolute atomic E-state index is 14.0. The van der Waals surface area contributed by atoms with Gasteiger partial charge in [0.1, 0.15) is 40.6 Å². The van der Waals surface area contributed by atoms with Crippen molar-refractivity contribution in [3.63, 3.8) is 0 Å². The molecule has 8 rings (SSSR count). The van der Waals surface area contributed by atoms with Crippen LogP contribution < -0.4 is 10.6 Å². The van der Waals surface area contributed by atoms with E-state index in [1.54, 1.807) is 17.0 Å². The molecule has 0 radical (unpaired) electrons. The number of carbonyl (C=O) groups excluding carboxylic acids is 4. The van der Waals surface area contributed by atoms with Crippen LogP contribution in [-0.4, -0.2) is 87.1 Å². The number of methoxy groups -OCH3 is 2. The Morgan fingerprint density at radius 1 is 0.917 bits per heavy atom. The lowest BCUT2D eigenvalue weighted by molar-refractivity contribution is -0.140. The fourth-order valence-corrected chi connectivity index (χ4v) is 9.32. The average Bonchev–Trinajstić information content (AvgIpc) is 4.08. The van der Waals surface area contributed by atoms with Gasteiger partial charge >= 0.3 is 12.2 Å². The van der Waals surface area contributed by atoms with E-state index in [1.807, 2.05) is 67.3 Å². The fourth-order valence-electron chi connectivity index (χ4n) is 9.08. The number of hydrogen-bond acceptors (Lipinski definition) is 8. The summed E-state index contributed by atoms with van der Waals surface area (Å²) in [6, 6.07) is 26.6. The van der Waals surface area contributed by atoms with E-state index in [1.165, 1.54) is 14.2 Å². The van der Waals surface area contributed by atoms with Gasteiger partial charge in [0.05, 0.1) is 31.8 Å². The minimum atomic E-state index is -0.917. The molecule has 15 heteroatoms. The number of benzene rings is 4. The number of piperidine rings is 1. The lowest BCUT2D eigenvalue weighted by atomic mass is 9.83. The van der Waals surface area contributed by atoms with E-state index in [-0.39, 0.29) is 36.9 Å². The van der Waals surface area contributed by atoms with Crippen molar-refractivity contribution in [2.45, 2.75) is 63.7 Å². The number of alkyl carbamates (subject to hydrolysis) is 2. The smallest absolute Gasteiger partial charge is 0.407 e. The number of halogens is 1. The second kappa shape index (κ2) is 16.7. The van der Waals surface area contributed by atoms with Crippen LogP contribution in [-0.2, 0) is 31.1 Å². The van der Waals surface area contributed by atoms with Gasteiger partial charge in [-0.1, -0.05) is 91.3 Å². The zero-order chi connectivity index (χ0) is 42.1. The van der Waals surface area contributed by atoms with Gasteiger partial charge in [0.15, 0.2) is 0 Å². The summed E-state index contributed by atoms with van der Waals surface area (Å²) in [6.07, 6.45) is 2.13. The first-order valence-electron chi connectivity index (χ1n) is 20.1. The lowest BCUT2D eigenvalue weighted by Gasteiger charge is -2.43. The monoisotopic (exact) mass is 830 g/mol. The second-order valence-corrected chi connectivity index (χ2v) is 15.9. The van der Waals surface area contributed by atoms with Crippen molar-refractivity contribution in [2.24, 2.45) is 5.92 Å². The summed E-state index contributed by atoms with van der Waals surface area (Å²) in [5.74, 6) is 1.02. The first-order valence-corrected chi connectivity index (χ1v) is 20.5. The molecule has 4 atom stereocenters. The number of carbonyl (C=O) groups is 4. The van der Waals surface area contributed by atoms with E-state index in [9.17, 15) is 19.2 Å². The Kier molecular flexibility index (Phi) is 11.2. The molecule has 1 aliphatic carbocycles. The van der Waals surface area contributed by atoms with Crippen molar-refractivity contribution in [3.05, 3.63) is 107 Å². The molecular formula is C45H47ClN8O6. The molecule has 0 unspecified atom stereocenters. The third-order valence-corrected chi connectivity index (χ3v) is 12.3. The van der Waals surface area contributed by atoms with Crippen LogP contribution in [0.1, 0.15) is 62.8 Å². The maximum atomic E-state index is 14.0. The molecule has 2 aliphatic rings. The molecule has 2 fully saturated rings. The van der Waals surface area contributed by atoms with Gasteiger partial charge < -0.3 is 39.9 Å². The maximum Gasteiger partial charge on any atom is 0.407 e. The molecule has 60 heavy (non-hydrogen) atoms. The van der Waals surface area contributed by atoms with Gasteiger partial charge in [-0.2, -0.15) is 0 Å². The minimum Gasteiger partial charge on any atom is -0.453 e. The second-order valence-electron chi connectivity index (χ2n) is 15.6. The van der Waals surface area contributed by atoms with Gasteiger partial charge in [0.25, 0.3) is 0 Å². The Bertz CT molecular complexity index is 2580. The molecule has 4 N–H and O–H groups in total. The van der Waals surface area contributed by atoms with Crippen molar-refractivity contribution >= 4 is 57.4 Å². The van der Waals surface area contributed by atoms with Gasteiger partial charge in [-0.3, -0.25) is 9.59 Å². The predicted octanol–water partition coefficient (Wildman–Crippen LogP) is 7.84. The van der Waals surface area contributed by atoms with Gasteiger partial charge in [-0.15, -0.1) is 0 Å². The van der Waals surface area contributed by atoms with Crippen LogP contribution in [0.15, 0.2) is 84.9 Å². The minimum absolute atomic E-state index is 0.0648. The number of nitrogens with one attached hydrogen (secondary N) is 4. The first-order chi connectivity index (χ1) is 29.0. The molecular weight excluding hydrogens is 784 g/mol. The zero-order valence-corrected chi connectivity index (χ0v) is 34.6. The molecule has 4 amide bonds. The molecule has 1 saturated carbocycles. The number of hydrogen-bond donors (Lipinski definition) is 4. The predicted molar refractivity (Wildman–Crippen MR) is 228 cm³/mol. The largest absolute Gasteiger partial charge is 0.453 e. The summed E-state index contributed by atoms with van der Waals surface area (Å²) < 4.78 is 9.50. The number of aromatic nitrogens is 4. The highest BCUT2D eigenvalue weighted by molar-refractivity contribution is 6.32. The van der Waals surface area contributed by atoms with Crippen LogP contribution >= 0.6 is 11.6 Å². The highest BCUT2D eigenvalue weighted by atomic mass is 35.5. The third-order valence-electron chi connectivity index (χ3n) is 12.0. The summed E-state index contributed by atoms with van der Waals surface area (Å²) in [5.41, 5.74) is 5.07. The molecule has 0 spiro atoms. The summed E-state index contributed by atoms with van der Waals surface area (Å²) in [4.78, 5) is 71.6. The van der Waals surface area contributed by atoms with Gasteiger partial charge in [0.2, 0.25) is 11.8 Å². The molecule has 2 bridgehead atoms. The summed E-state index contributed by atoms with van der Waals surface area (Å²) >= 11 is 6.82. The van der Waals surface area contributed by atoms with Crippen molar-refractivity contribution in [3.8, 4) is 22.4 Å².